The quantitative estimate of drug-likeness (QED) is 0.290. The van der Waals surface area contributed by atoms with Crippen molar-refractivity contribution in [3.63, 3.8) is 0 Å². The third kappa shape index (κ3) is 8.23. The molecule has 0 aromatic carbocycles. The molecule has 2 aliphatic rings. The van der Waals surface area contributed by atoms with Crippen LogP contribution in [-0.4, -0.2) is 75.2 Å². The van der Waals surface area contributed by atoms with Crippen molar-refractivity contribution >= 4 is 5.96 Å². The highest BCUT2D eigenvalue weighted by atomic mass is 15.3. The molecule has 0 atom stereocenters. The Morgan fingerprint density at radius 3 is 2.48 bits per heavy atom. The van der Waals surface area contributed by atoms with Crippen molar-refractivity contribution in [3.8, 4) is 0 Å². The molecule has 0 unspecified atom stereocenters. The minimum Gasteiger partial charge on any atom is -0.356 e. The van der Waals surface area contributed by atoms with Crippen LogP contribution in [0.5, 0.6) is 0 Å². The van der Waals surface area contributed by atoms with E-state index in [0.717, 1.165) is 25.5 Å². The predicted molar refractivity (Wildman–Crippen MR) is 108 cm³/mol. The van der Waals surface area contributed by atoms with Crippen molar-refractivity contribution in [1.82, 2.24) is 20.4 Å². The summed E-state index contributed by atoms with van der Waals surface area (Å²) >= 11 is 0. The van der Waals surface area contributed by atoms with Gasteiger partial charge in [0.05, 0.1) is 0 Å². The number of hydrogen-bond acceptors (Lipinski definition) is 3. The highest BCUT2D eigenvalue weighted by Crippen LogP contribution is 2.19. The van der Waals surface area contributed by atoms with Crippen LogP contribution in [0.1, 0.15) is 51.9 Å². The fourth-order valence-electron chi connectivity index (χ4n) is 3.69. The summed E-state index contributed by atoms with van der Waals surface area (Å²) in [4.78, 5) is 9.48. The fraction of sp³-hybridized carbons (Fsp3) is 0.850. The zero-order valence-corrected chi connectivity index (χ0v) is 16.5. The number of aliphatic imine (C=N–C) groups is 1. The predicted octanol–water partition coefficient (Wildman–Crippen LogP) is 2.46. The second kappa shape index (κ2) is 12.3. The Balaban J connectivity index is 1.47. The van der Waals surface area contributed by atoms with Crippen LogP contribution in [0, 0.1) is 0 Å². The number of nitrogens with zero attached hydrogens (tertiary/aromatic N) is 3. The SMILES string of the molecule is CCN1CCN(CCCCNC(=NC)NCCC2=CCCCC2)CC1. The summed E-state index contributed by atoms with van der Waals surface area (Å²) < 4.78 is 0. The number of likely N-dealkylation sites (N-methyl/N-ethyl adjacent to an activating group) is 1. The van der Waals surface area contributed by atoms with Gasteiger partial charge in [0.1, 0.15) is 0 Å². The van der Waals surface area contributed by atoms with Crippen LogP contribution < -0.4 is 10.6 Å². The van der Waals surface area contributed by atoms with E-state index < -0.39 is 0 Å². The first-order valence-corrected chi connectivity index (χ1v) is 10.4. The molecule has 5 nitrogen and oxygen atoms in total. The lowest BCUT2D eigenvalue weighted by atomic mass is 9.97. The summed E-state index contributed by atoms with van der Waals surface area (Å²) in [6, 6.07) is 0. The van der Waals surface area contributed by atoms with E-state index in [4.69, 9.17) is 0 Å². The largest absolute Gasteiger partial charge is 0.356 e. The fourth-order valence-corrected chi connectivity index (χ4v) is 3.69. The van der Waals surface area contributed by atoms with Gasteiger partial charge in [-0.05, 0) is 58.0 Å². The van der Waals surface area contributed by atoms with Gasteiger partial charge >= 0.3 is 0 Å². The lowest BCUT2D eigenvalue weighted by Crippen LogP contribution is -2.46. The van der Waals surface area contributed by atoms with E-state index in [1.165, 1.54) is 77.8 Å². The van der Waals surface area contributed by atoms with Crippen molar-refractivity contribution in [1.29, 1.82) is 0 Å². The molecule has 25 heavy (non-hydrogen) atoms. The lowest BCUT2D eigenvalue weighted by molar-refractivity contribution is 0.136. The minimum absolute atomic E-state index is 0.952. The normalized spacial score (nSPS) is 20.4. The van der Waals surface area contributed by atoms with E-state index in [2.05, 4.69) is 38.4 Å². The molecule has 1 aliphatic heterocycles. The van der Waals surface area contributed by atoms with Crippen molar-refractivity contribution in [2.24, 2.45) is 4.99 Å². The summed E-state index contributed by atoms with van der Waals surface area (Å²) in [6.45, 7) is 11.6. The number of hydrogen-bond donors (Lipinski definition) is 2. The molecule has 2 rings (SSSR count). The van der Waals surface area contributed by atoms with Crippen molar-refractivity contribution in [3.05, 3.63) is 11.6 Å². The van der Waals surface area contributed by atoms with E-state index in [1.807, 2.05) is 7.05 Å². The van der Waals surface area contributed by atoms with Crippen LogP contribution >= 0.6 is 0 Å². The Morgan fingerprint density at radius 1 is 1.04 bits per heavy atom. The molecule has 5 heteroatoms. The highest BCUT2D eigenvalue weighted by Gasteiger charge is 2.14. The van der Waals surface area contributed by atoms with Gasteiger partial charge in [0.2, 0.25) is 0 Å². The first-order chi connectivity index (χ1) is 12.3. The van der Waals surface area contributed by atoms with Crippen LogP contribution in [-0.2, 0) is 0 Å². The molecule has 0 aromatic heterocycles. The van der Waals surface area contributed by atoms with Crippen LogP contribution in [0.15, 0.2) is 16.6 Å². The van der Waals surface area contributed by atoms with Crippen molar-refractivity contribution in [2.75, 3.05) is 59.4 Å². The van der Waals surface area contributed by atoms with Crippen LogP contribution in [0.3, 0.4) is 0 Å². The third-order valence-electron chi connectivity index (χ3n) is 5.45. The average Bonchev–Trinajstić information content (AvgIpc) is 2.67. The van der Waals surface area contributed by atoms with Crippen molar-refractivity contribution in [2.45, 2.75) is 51.9 Å². The molecule has 144 valence electrons. The summed E-state index contributed by atoms with van der Waals surface area (Å²) in [5.41, 5.74) is 1.62. The van der Waals surface area contributed by atoms with E-state index in [-0.39, 0.29) is 0 Å². The van der Waals surface area contributed by atoms with E-state index >= 15 is 0 Å². The summed E-state index contributed by atoms with van der Waals surface area (Å²) in [7, 11) is 1.86. The standard InChI is InChI=1S/C20H39N5/c1-3-24-15-17-25(18-16-24)14-8-7-12-22-20(21-2)23-13-11-19-9-5-4-6-10-19/h9H,3-8,10-18H2,1-2H3,(H2,21,22,23). The zero-order valence-electron chi connectivity index (χ0n) is 16.5. The van der Waals surface area contributed by atoms with Gasteiger partial charge in [-0.15, -0.1) is 0 Å². The monoisotopic (exact) mass is 349 g/mol. The molecule has 1 aliphatic carbocycles. The van der Waals surface area contributed by atoms with Gasteiger partial charge < -0.3 is 20.4 Å². The maximum atomic E-state index is 4.33. The number of unbranched alkanes of at least 4 members (excludes halogenated alkanes) is 1. The molecule has 2 N–H and O–H groups in total. The Morgan fingerprint density at radius 2 is 1.80 bits per heavy atom. The molecule has 0 radical (unpaired) electrons. The molecule has 1 heterocycles. The van der Waals surface area contributed by atoms with Gasteiger partial charge in [-0.2, -0.15) is 0 Å². The topological polar surface area (TPSA) is 42.9 Å². The van der Waals surface area contributed by atoms with Crippen LogP contribution in [0.2, 0.25) is 0 Å². The second-order valence-corrected chi connectivity index (χ2v) is 7.27. The molecular formula is C20H39N5. The zero-order chi connectivity index (χ0) is 17.7. The van der Waals surface area contributed by atoms with Crippen LogP contribution in [0.25, 0.3) is 0 Å². The molecule has 0 bridgehead atoms. The Labute approximate surface area is 154 Å². The molecule has 1 fully saturated rings. The second-order valence-electron chi connectivity index (χ2n) is 7.27. The minimum atomic E-state index is 0.952. The van der Waals surface area contributed by atoms with Crippen LogP contribution in [0.4, 0.5) is 0 Å². The Hall–Kier alpha value is -1.07. The third-order valence-corrected chi connectivity index (χ3v) is 5.45. The van der Waals surface area contributed by atoms with Gasteiger partial charge in [0, 0.05) is 46.3 Å². The Bertz CT molecular complexity index is 410. The lowest BCUT2D eigenvalue weighted by Gasteiger charge is -2.34. The Kier molecular flexibility index (Phi) is 9.97. The van der Waals surface area contributed by atoms with E-state index in [9.17, 15) is 0 Å². The first-order valence-electron chi connectivity index (χ1n) is 10.4. The molecule has 0 spiro atoms. The molecule has 0 aromatic rings. The number of piperazine rings is 1. The van der Waals surface area contributed by atoms with Gasteiger partial charge in [-0.1, -0.05) is 18.6 Å². The number of nitrogens with one attached hydrogen (secondary N) is 2. The molecule has 0 amide bonds. The van der Waals surface area contributed by atoms with E-state index in [1.54, 1.807) is 5.57 Å². The van der Waals surface area contributed by atoms with Gasteiger partial charge in [0.25, 0.3) is 0 Å². The summed E-state index contributed by atoms with van der Waals surface area (Å²) in [6.07, 6.45) is 11.4. The molecule has 1 saturated heterocycles. The van der Waals surface area contributed by atoms with Gasteiger partial charge in [-0.25, -0.2) is 0 Å². The molecular weight excluding hydrogens is 310 g/mol. The first kappa shape index (κ1) is 20.2. The number of rotatable bonds is 9. The number of allylic oxidation sites excluding steroid dienone is 1. The van der Waals surface area contributed by atoms with Crippen molar-refractivity contribution < 1.29 is 0 Å². The van der Waals surface area contributed by atoms with Gasteiger partial charge in [0.15, 0.2) is 5.96 Å². The number of guanidine groups is 1. The van der Waals surface area contributed by atoms with E-state index in [0.29, 0.717) is 0 Å². The maximum Gasteiger partial charge on any atom is 0.190 e. The maximum absolute atomic E-state index is 4.33. The summed E-state index contributed by atoms with van der Waals surface area (Å²) in [5.74, 6) is 0.952. The summed E-state index contributed by atoms with van der Waals surface area (Å²) in [5, 5.41) is 6.90. The van der Waals surface area contributed by atoms with Gasteiger partial charge in [-0.3, -0.25) is 4.99 Å². The highest BCUT2D eigenvalue weighted by molar-refractivity contribution is 5.79. The average molecular weight is 350 g/mol. The smallest absolute Gasteiger partial charge is 0.190 e. The molecule has 0 saturated carbocycles.